The monoisotopic (exact) mass is 800 g/mol. The van der Waals surface area contributed by atoms with Gasteiger partial charge in [0.15, 0.2) is 17.5 Å². The molecule has 0 radical (unpaired) electrons. The van der Waals surface area contributed by atoms with Crippen molar-refractivity contribution in [2.45, 2.75) is 19.3 Å². The van der Waals surface area contributed by atoms with Crippen molar-refractivity contribution in [3.05, 3.63) is 193 Å². The fourth-order valence-corrected chi connectivity index (χ4v) is 10.2. The summed E-state index contributed by atoms with van der Waals surface area (Å²) in [6.07, 6.45) is 0. The first kappa shape index (κ1) is 35.4. The van der Waals surface area contributed by atoms with Crippen molar-refractivity contribution >= 4 is 43.5 Å². The van der Waals surface area contributed by atoms with Crippen molar-refractivity contribution in [3.8, 4) is 78.1 Å². The number of para-hydroxylation sites is 2. The average Bonchev–Trinajstić information content (AvgIpc) is 4.00. The van der Waals surface area contributed by atoms with Crippen LogP contribution in [0.4, 0.5) is 0 Å². The number of hydrogen-bond acceptors (Lipinski definition) is 6. The molecule has 8 aromatic carbocycles. The van der Waals surface area contributed by atoms with Gasteiger partial charge in [-0.15, -0.1) is 11.3 Å². The number of furan rings is 1. The molecule has 11 aromatic rings. The first-order valence-corrected chi connectivity index (χ1v) is 21.4. The summed E-state index contributed by atoms with van der Waals surface area (Å²) >= 11 is 1.79. The topological polar surface area (TPSA) is 64.7 Å². The minimum atomic E-state index is -0.187. The number of hydrogen-bond donors (Lipinski definition) is 0. The zero-order chi connectivity index (χ0) is 40.7. The van der Waals surface area contributed by atoms with Gasteiger partial charge in [-0.3, -0.25) is 0 Å². The molecule has 3 aromatic heterocycles. The van der Waals surface area contributed by atoms with E-state index in [0.717, 1.165) is 77.0 Å². The second-order valence-electron chi connectivity index (χ2n) is 16.2. The third-order valence-corrected chi connectivity index (χ3v) is 13.3. The first-order valence-electron chi connectivity index (χ1n) is 20.5. The predicted molar refractivity (Wildman–Crippen MR) is 250 cm³/mol. The first-order chi connectivity index (χ1) is 30.0. The van der Waals surface area contributed by atoms with Gasteiger partial charge in [0.1, 0.15) is 16.2 Å². The summed E-state index contributed by atoms with van der Waals surface area (Å²) < 4.78 is 8.26. The molecule has 288 valence electrons. The fraction of sp³-hybridized carbons (Fsp3) is 0.0545. The Morgan fingerprint density at radius 1 is 0.410 bits per heavy atom. The van der Waals surface area contributed by atoms with E-state index in [0.29, 0.717) is 17.5 Å². The minimum Gasteiger partial charge on any atom is -0.455 e. The third-order valence-electron chi connectivity index (χ3n) is 12.2. The van der Waals surface area contributed by atoms with E-state index in [1.165, 1.54) is 27.0 Å². The highest BCUT2D eigenvalue weighted by atomic mass is 32.1. The maximum Gasteiger partial charge on any atom is 0.164 e. The van der Waals surface area contributed by atoms with E-state index in [-0.39, 0.29) is 5.41 Å². The van der Waals surface area contributed by atoms with Crippen LogP contribution in [-0.2, 0) is 5.41 Å². The van der Waals surface area contributed by atoms with Crippen molar-refractivity contribution in [2.24, 2.45) is 0 Å². The van der Waals surface area contributed by atoms with Crippen molar-refractivity contribution in [1.82, 2.24) is 19.9 Å². The molecule has 6 heteroatoms. The molecular weight excluding hydrogens is 765 g/mol. The van der Waals surface area contributed by atoms with Gasteiger partial charge in [0.05, 0.1) is 10.2 Å². The molecule has 0 bridgehead atoms. The van der Waals surface area contributed by atoms with Gasteiger partial charge in [-0.2, -0.15) is 0 Å². The van der Waals surface area contributed by atoms with Gasteiger partial charge in [0.25, 0.3) is 0 Å². The minimum absolute atomic E-state index is 0.187. The van der Waals surface area contributed by atoms with Crippen LogP contribution in [0.2, 0.25) is 0 Å². The Hall–Kier alpha value is -7.54. The van der Waals surface area contributed by atoms with Crippen LogP contribution in [0.25, 0.3) is 110 Å². The lowest BCUT2D eigenvalue weighted by atomic mass is 9.81. The lowest BCUT2D eigenvalue weighted by Crippen LogP contribution is -2.14. The highest BCUT2D eigenvalue weighted by molar-refractivity contribution is 7.22. The smallest absolute Gasteiger partial charge is 0.164 e. The van der Waals surface area contributed by atoms with E-state index in [1.54, 1.807) is 11.3 Å². The fourth-order valence-electron chi connectivity index (χ4n) is 9.11. The van der Waals surface area contributed by atoms with Gasteiger partial charge in [0.2, 0.25) is 0 Å². The van der Waals surface area contributed by atoms with E-state index in [1.807, 2.05) is 60.7 Å². The highest BCUT2D eigenvalue weighted by Crippen LogP contribution is 2.54. The number of benzene rings is 8. The molecule has 0 fully saturated rings. The van der Waals surface area contributed by atoms with Crippen LogP contribution in [0, 0.1) is 0 Å². The van der Waals surface area contributed by atoms with Crippen molar-refractivity contribution in [1.29, 1.82) is 0 Å². The van der Waals surface area contributed by atoms with E-state index in [4.69, 9.17) is 24.4 Å². The largest absolute Gasteiger partial charge is 0.455 e. The van der Waals surface area contributed by atoms with Crippen molar-refractivity contribution in [3.63, 3.8) is 0 Å². The molecule has 12 rings (SSSR count). The van der Waals surface area contributed by atoms with Crippen LogP contribution in [0.15, 0.2) is 186 Å². The summed E-state index contributed by atoms with van der Waals surface area (Å²) in [6, 6.07) is 63.4. The zero-order valence-corrected chi connectivity index (χ0v) is 34.2. The molecule has 5 nitrogen and oxygen atoms in total. The van der Waals surface area contributed by atoms with Gasteiger partial charge >= 0.3 is 0 Å². The molecule has 1 aliphatic rings. The summed E-state index contributed by atoms with van der Waals surface area (Å²) in [5, 5.41) is 3.22. The maximum atomic E-state index is 7.01. The summed E-state index contributed by atoms with van der Waals surface area (Å²) in [5.41, 5.74) is 16.0. The molecule has 0 unspecified atom stereocenters. The number of nitrogens with zero attached hydrogens (tertiary/aromatic N) is 4. The lowest BCUT2D eigenvalue weighted by molar-refractivity contribution is 0.660. The SMILES string of the molecule is CC1(C)c2cc(-c3cccc4c3oc3c(-c5cccc(-c6nc(-c7ccccc7)nc(-c7ccccc7)n6)c5)cccc34)ccc2-c2c1ccc1nc(-c3ccccc3)sc21. The normalized spacial score (nSPS) is 12.9. The Kier molecular flexibility index (Phi) is 7.99. The molecule has 0 saturated heterocycles. The standard InChI is InChI=1S/C55H36N4OS/c1-55(2)44-29-30-46-50(61-54(56-46)35-19-10-5-11-20-35)47(44)43-28-27-37(32-45(43)55)40-24-14-26-42-41-25-13-23-39(48(41)60-49(40)42)36-21-12-22-38(31-36)53-58-51(33-15-6-3-7-16-33)57-52(59-53)34-17-8-4-9-18-34/h3-32H,1-2H3. The Bertz CT molecular complexity index is 3440. The van der Waals surface area contributed by atoms with Gasteiger partial charge in [-0.05, 0) is 46.0 Å². The molecule has 0 aliphatic heterocycles. The lowest BCUT2D eigenvalue weighted by Gasteiger charge is -2.22. The Morgan fingerprint density at radius 3 is 1.56 bits per heavy atom. The van der Waals surface area contributed by atoms with E-state index >= 15 is 0 Å². The summed E-state index contributed by atoms with van der Waals surface area (Å²) in [4.78, 5) is 20.0. The summed E-state index contributed by atoms with van der Waals surface area (Å²) in [7, 11) is 0. The van der Waals surface area contributed by atoms with Crippen LogP contribution in [0.3, 0.4) is 0 Å². The molecular formula is C55H36N4OS. The zero-order valence-electron chi connectivity index (χ0n) is 33.4. The van der Waals surface area contributed by atoms with Gasteiger partial charge in [-0.1, -0.05) is 178 Å². The Balaban J connectivity index is 0.958. The molecule has 0 N–H and O–H groups in total. The highest BCUT2D eigenvalue weighted by Gasteiger charge is 2.37. The molecule has 3 heterocycles. The van der Waals surface area contributed by atoms with Crippen LogP contribution in [0.5, 0.6) is 0 Å². The molecule has 0 atom stereocenters. The average molecular weight is 801 g/mol. The molecule has 0 saturated carbocycles. The van der Waals surface area contributed by atoms with Crippen molar-refractivity contribution < 1.29 is 4.42 Å². The third kappa shape index (κ3) is 5.75. The Labute approximate surface area is 356 Å². The second-order valence-corrected chi connectivity index (χ2v) is 17.2. The van der Waals surface area contributed by atoms with Crippen molar-refractivity contribution in [2.75, 3.05) is 0 Å². The number of aromatic nitrogens is 4. The summed E-state index contributed by atoms with van der Waals surface area (Å²) in [6.45, 7) is 4.69. The Morgan fingerprint density at radius 2 is 0.934 bits per heavy atom. The van der Waals surface area contributed by atoms with Gasteiger partial charge < -0.3 is 4.42 Å². The number of rotatable bonds is 6. The predicted octanol–water partition coefficient (Wildman–Crippen LogP) is 14.7. The second kappa shape index (κ2) is 13.8. The molecule has 61 heavy (non-hydrogen) atoms. The summed E-state index contributed by atoms with van der Waals surface area (Å²) in [5.74, 6) is 1.88. The molecule has 0 amide bonds. The van der Waals surface area contributed by atoms with Gasteiger partial charge in [-0.25, -0.2) is 19.9 Å². The van der Waals surface area contributed by atoms with Crippen LogP contribution >= 0.6 is 11.3 Å². The van der Waals surface area contributed by atoms with E-state index in [2.05, 4.69) is 135 Å². The molecule has 1 aliphatic carbocycles. The van der Waals surface area contributed by atoms with Crippen LogP contribution in [-0.4, -0.2) is 19.9 Å². The van der Waals surface area contributed by atoms with Crippen LogP contribution in [0.1, 0.15) is 25.0 Å². The number of thiazole rings is 1. The maximum absolute atomic E-state index is 7.01. The molecule has 0 spiro atoms. The van der Waals surface area contributed by atoms with E-state index < -0.39 is 0 Å². The van der Waals surface area contributed by atoms with E-state index in [9.17, 15) is 0 Å². The van der Waals surface area contributed by atoms with Gasteiger partial charge in [0, 0.05) is 55.1 Å². The quantitative estimate of drug-likeness (QED) is 0.168. The van der Waals surface area contributed by atoms with Crippen LogP contribution < -0.4 is 0 Å². The number of fused-ring (bicyclic) bond motifs is 8.